The minimum absolute atomic E-state index is 0.325. The number of fused-ring (bicyclic) bond motifs is 3. The fourth-order valence-corrected chi connectivity index (χ4v) is 2.55. The first-order valence-electron chi connectivity index (χ1n) is 7.24. The molecule has 0 saturated carbocycles. The van der Waals surface area contributed by atoms with Gasteiger partial charge in [-0.3, -0.25) is 4.98 Å². The Bertz CT molecular complexity index is 1010. The molecule has 2 aromatic rings. The van der Waals surface area contributed by atoms with Gasteiger partial charge >= 0.3 is 5.97 Å². The molecular weight excluding hydrogens is 308 g/mol. The molecule has 4 rings (SSSR count). The predicted octanol–water partition coefficient (Wildman–Crippen LogP) is 3.56. The molecule has 6 heteroatoms. The molecule has 0 radical (unpaired) electrons. The zero-order chi connectivity index (χ0) is 16.5. The van der Waals surface area contributed by atoms with Crippen molar-refractivity contribution in [3.8, 4) is 22.8 Å². The maximum Gasteiger partial charge on any atom is 0.345 e. The summed E-state index contributed by atoms with van der Waals surface area (Å²) in [6, 6.07) is 12.3. The molecule has 118 valence electrons. The Balaban J connectivity index is 1.76. The summed E-state index contributed by atoms with van der Waals surface area (Å²) in [5.74, 6) is 0.479. The minimum Gasteiger partial charge on any atom is -0.497 e. The molecule has 0 fully saturated rings. The summed E-state index contributed by atoms with van der Waals surface area (Å²) in [5, 5.41) is 4.58. The summed E-state index contributed by atoms with van der Waals surface area (Å²) in [5.41, 5.74) is 2.05. The molecular formula is C18H12N2O4. The number of hydrogen-bond donors (Lipinski definition) is 0. The van der Waals surface area contributed by atoms with Crippen molar-refractivity contribution in [2.45, 2.75) is 0 Å². The molecule has 1 aliphatic heterocycles. The van der Waals surface area contributed by atoms with Crippen LogP contribution in [0.1, 0.15) is 10.4 Å². The van der Waals surface area contributed by atoms with E-state index < -0.39 is 5.97 Å². The molecule has 0 unspecified atom stereocenters. The fraction of sp³-hybridized carbons (Fsp3) is 0.0556. The number of hydrogen-bond acceptors (Lipinski definition) is 6. The summed E-state index contributed by atoms with van der Waals surface area (Å²) in [6.07, 6.45) is 3.08. The van der Waals surface area contributed by atoms with Gasteiger partial charge in [0.15, 0.2) is 5.58 Å². The lowest BCUT2D eigenvalue weighted by Gasteiger charge is -2.05. The Morgan fingerprint density at radius 3 is 2.79 bits per heavy atom. The smallest absolute Gasteiger partial charge is 0.345 e. The van der Waals surface area contributed by atoms with Crippen LogP contribution in [-0.2, 0) is 0 Å². The molecule has 0 spiro atoms. The van der Waals surface area contributed by atoms with Crippen LogP contribution in [-0.4, -0.2) is 23.2 Å². The molecule has 2 heterocycles. The topological polar surface area (TPSA) is 74.5 Å². The number of carbonyl (C=O) groups excluding carboxylic acids is 1. The molecule has 2 aliphatic rings. The van der Waals surface area contributed by atoms with Gasteiger partial charge in [0.05, 0.1) is 30.1 Å². The van der Waals surface area contributed by atoms with Crippen molar-refractivity contribution >= 4 is 16.9 Å². The lowest BCUT2D eigenvalue weighted by Crippen LogP contribution is -2.08. The molecule has 0 atom stereocenters. The van der Waals surface area contributed by atoms with E-state index in [1.165, 1.54) is 6.20 Å². The van der Waals surface area contributed by atoms with Crippen LogP contribution in [0.15, 0.2) is 59.4 Å². The van der Waals surface area contributed by atoms with E-state index in [-0.39, 0.29) is 0 Å². The molecule has 6 nitrogen and oxygen atoms in total. The maximum absolute atomic E-state index is 12.6. The molecule has 1 aromatic carbocycles. The molecule has 1 aromatic heterocycles. The van der Waals surface area contributed by atoms with E-state index in [0.717, 1.165) is 5.39 Å². The second kappa shape index (κ2) is 5.66. The van der Waals surface area contributed by atoms with Crippen LogP contribution in [0.3, 0.4) is 0 Å². The quantitative estimate of drug-likeness (QED) is 0.424. The highest BCUT2D eigenvalue weighted by Gasteiger charge is 2.23. The summed E-state index contributed by atoms with van der Waals surface area (Å²) in [4.78, 5) is 16.9. The van der Waals surface area contributed by atoms with Gasteiger partial charge in [-0.1, -0.05) is 17.3 Å². The van der Waals surface area contributed by atoms with Gasteiger partial charge in [0.1, 0.15) is 11.5 Å². The SMILES string of the molecule is COc1cccc(OC(=O)c2cnc3cccc4cnoc4c2-3)c1. The number of carbonyl (C=O) groups is 1. The largest absolute Gasteiger partial charge is 0.497 e. The van der Waals surface area contributed by atoms with E-state index in [4.69, 9.17) is 14.0 Å². The molecule has 0 amide bonds. The third-order valence-corrected chi connectivity index (χ3v) is 3.68. The maximum atomic E-state index is 12.6. The van der Waals surface area contributed by atoms with Gasteiger partial charge in [-0.25, -0.2) is 4.79 Å². The van der Waals surface area contributed by atoms with Gasteiger partial charge in [0.25, 0.3) is 0 Å². The summed E-state index contributed by atoms with van der Waals surface area (Å²) in [7, 11) is 1.55. The van der Waals surface area contributed by atoms with Gasteiger partial charge in [0.2, 0.25) is 0 Å². The first kappa shape index (κ1) is 14.2. The van der Waals surface area contributed by atoms with Crippen molar-refractivity contribution in [3.05, 3.63) is 60.4 Å². The third kappa shape index (κ3) is 2.34. The number of benzene rings is 1. The highest BCUT2D eigenvalue weighted by Crippen LogP contribution is 2.32. The van der Waals surface area contributed by atoms with E-state index in [1.54, 1.807) is 37.6 Å². The van der Waals surface area contributed by atoms with Gasteiger partial charge in [-0.15, -0.1) is 0 Å². The number of aromatic nitrogens is 2. The number of rotatable bonds is 3. The van der Waals surface area contributed by atoms with E-state index in [9.17, 15) is 4.79 Å². The Morgan fingerprint density at radius 1 is 1.08 bits per heavy atom. The Hall–Kier alpha value is -3.41. The van der Waals surface area contributed by atoms with Crippen molar-refractivity contribution in [2.75, 3.05) is 7.11 Å². The average molecular weight is 320 g/mol. The van der Waals surface area contributed by atoms with Gasteiger partial charge in [-0.2, -0.15) is 0 Å². The zero-order valence-corrected chi connectivity index (χ0v) is 12.7. The van der Waals surface area contributed by atoms with Gasteiger partial charge < -0.3 is 14.0 Å². The van der Waals surface area contributed by atoms with Crippen molar-refractivity contribution in [1.29, 1.82) is 0 Å². The van der Waals surface area contributed by atoms with Crippen LogP contribution in [0, 0.1) is 0 Å². The lowest BCUT2D eigenvalue weighted by molar-refractivity contribution is 0.0735. The van der Waals surface area contributed by atoms with Crippen molar-refractivity contribution in [3.63, 3.8) is 0 Å². The lowest BCUT2D eigenvalue weighted by atomic mass is 10.1. The summed E-state index contributed by atoms with van der Waals surface area (Å²) >= 11 is 0. The standard InChI is InChI=1S/C18H12N2O4/c1-22-12-5-3-6-13(8-12)23-18(21)14-10-19-15-7-2-4-11-9-20-24-17(11)16(14)15/h2-10H,1H3. The zero-order valence-electron chi connectivity index (χ0n) is 12.7. The molecule has 0 saturated heterocycles. The number of methoxy groups -OCH3 is 1. The highest BCUT2D eigenvalue weighted by atomic mass is 16.5. The number of nitrogens with zero attached hydrogens (tertiary/aromatic N) is 2. The van der Waals surface area contributed by atoms with Crippen molar-refractivity contribution in [1.82, 2.24) is 10.1 Å². The van der Waals surface area contributed by atoms with Crippen molar-refractivity contribution < 1.29 is 18.8 Å². The summed E-state index contributed by atoms with van der Waals surface area (Å²) in [6.45, 7) is 0. The highest BCUT2D eigenvalue weighted by molar-refractivity contribution is 6.05. The van der Waals surface area contributed by atoms with Crippen LogP contribution in [0.5, 0.6) is 11.5 Å². The van der Waals surface area contributed by atoms with E-state index in [0.29, 0.717) is 33.9 Å². The molecule has 0 bridgehead atoms. The first-order valence-corrected chi connectivity index (χ1v) is 7.24. The number of esters is 1. The van der Waals surface area contributed by atoms with Crippen LogP contribution >= 0.6 is 0 Å². The second-order valence-electron chi connectivity index (χ2n) is 5.14. The monoisotopic (exact) mass is 320 g/mol. The fourth-order valence-electron chi connectivity index (χ4n) is 2.55. The number of ether oxygens (including phenoxy) is 2. The average Bonchev–Trinajstić information content (AvgIpc) is 3.18. The Labute approximate surface area is 137 Å². The third-order valence-electron chi connectivity index (χ3n) is 3.68. The molecule has 1 aliphatic carbocycles. The minimum atomic E-state index is -0.519. The molecule has 24 heavy (non-hydrogen) atoms. The van der Waals surface area contributed by atoms with Crippen LogP contribution in [0.25, 0.3) is 22.2 Å². The van der Waals surface area contributed by atoms with Crippen LogP contribution in [0.4, 0.5) is 0 Å². The van der Waals surface area contributed by atoms with Crippen LogP contribution in [0.2, 0.25) is 0 Å². The van der Waals surface area contributed by atoms with Crippen molar-refractivity contribution in [2.24, 2.45) is 0 Å². The summed E-state index contributed by atoms with van der Waals surface area (Å²) < 4.78 is 15.9. The first-order chi connectivity index (χ1) is 11.8. The van der Waals surface area contributed by atoms with Crippen LogP contribution < -0.4 is 9.47 Å². The van der Waals surface area contributed by atoms with Gasteiger partial charge in [0, 0.05) is 17.6 Å². The van der Waals surface area contributed by atoms with E-state index in [2.05, 4.69) is 10.1 Å². The Kier molecular flexibility index (Phi) is 3.35. The van der Waals surface area contributed by atoms with E-state index in [1.807, 2.05) is 18.2 Å². The second-order valence-corrected chi connectivity index (χ2v) is 5.14. The Morgan fingerprint density at radius 2 is 1.92 bits per heavy atom. The van der Waals surface area contributed by atoms with Gasteiger partial charge in [-0.05, 0) is 24.3 Å². The normalized spacial score (nSPS) is 10.9. The molecule has 0 N–H and O–H groups in total. The predicted molar refractivity (Wildman–Crippen MR) is 86.4 cm³/mol. The van der Waals surface area contributed by atoms with E-state index >= 15 is 0 Å².